The van der Waals surface area contributed by atoms with E-state index in [0.29, 0.717) is 10.4 Å². The van der Waals surface area contributed by atoms with E-state index in [-0.39, 0.29) is 30.8 Å². The lowest BCUT2D eigenvalue weighted by Gasteiger charge is -2.33. The molecule has 8 heteroatoms. The molecule has 2 aromatic heterocycles. The number of carbonyl (C=O) groups is 3. The normalized spacial score (nSPS) is 12.1. The van der Waals surface area contributed by atoms with Crippen LogP contribution in [0.4, 0.5) is 0 Å². The summed E-state index contributed by atoms with van der Waals surface area (Å²) in [6.45, 7) is 5.77. The van der Waals surface area contributed by atoms with Gasteiger partial charge >= 0.3 is 0 Å². The first-order valence-corrected chi connectivity index (χ1v) is 12.0. The Hall–Kier alpha value is -2.97. The smallest absolute Gasteiger partial charge is 0.261 e. The van der Waals surface area contributed by atoms with Crippen LogP contribution in [0.3, 0.4) is 0 Å². The van der Waals surface area contributed by atoms with Crippen LogP contribution < -0.4 is 10.6 Å². The highest BCUT2D eigenvalue weighted by atomic mass is 32.1. The van der Waals surface area contributed by atoms with Crippen LogP contribution in [0, 0.1) is 0 Å². The van der Waals surface area contributed by atoms with E-state index in [1.54, 1.807) is 12.1 Å². The summed E-state index contributed by atoms with van der Waals surface area (Å²) in [7, 11) is 0. The molecule has 0 aliphatic carbocycles. The lowest BCUT2D eigenvalue weighted by molar-refractivity contribution is -0.141. The van der Waals surface area contributed by atoms with Crippen LogP contribution >= 0.6 is 22.7 Å². The Morgan fingerprint density at radius 2 is 1.62 bits per heavy atom. The maximum absolute atomic E-state index is 13.4. The largest absolute Gasteiger partial charge is 0.349 e. The molecular formula is C24H27N3O3S2. The zero-order chi connectivity index (χ0) is 23.1. The molecule has 168 valence electrons. The van der Waals surface area contributed by atoms with Crippen molar-refractivity contribution >= 4 is 40.4 Å². The third-order valence-electron chi connectivity index (χ3n) is 4.55. The van der Waals surface area contributed by atoms with Gasteiger partial charge in [0.2, 0.25) is 11.8 Å². The fourth-order valence-corrected chi connectivity index (χ4v) is 4.54. The maximum atomic E-state index is 13.4. The number of carbonyl (C=O) groups excluding carboxylic acids is 3. The molecule has 0 bridgehead atoms. The van der Waals surface area contributed by atoms with Crippen LogP contribution in [0.5, 0.6) is 0 Å². The van der Waals surface area contributed by atoms with Gasteiger partial charge in [0.15, 0.2) is 0 Å². The highest BCUT2D eigenvalue weighted by Gasteiger charge is 2.33. The standard InChI is InChI=1S/C24H27N3O3S2/c1-24(2,3)26-23(30)21(17-9-5-4-6-10-17)27(16-18-11-7-13-31-18)20(28)15-25-22(29)19-12-8-14-32-19/h4-14,21H,15-16H2,1-3H3,(H,25,29)(H,26,30). The summed E-state index contributed by atoms with van der Waals surface area (Å²) in [6, 6.07) is 15.7. The first-order valence-electron chi connectivity index (χ1n) is 10.2. The molecule has 0 fully saturated rings. The fourth-order valence-electron chi connectivity index (χ4n) is 3.19. The number of rotatable bonds is 8. The van der Waals surface area contributed by atoms with Crippen LogP contribution in [0.25, 0.3) is 0 Å². The van der Waals surface area contributed by atoms with Crippen LogP contribution in [0.1, 0.15) is 46.9 Å². The molecule has 0 aliphatic heterocycles. The van der Waals surface area contributed by atoms with Crippen LogP contribution in [-0.2, 0) is 16.1 Å². The van der Waals surface area contributed by atoms with Crippen molar-refractivity contribution in [1.29, 1.82) is 0 Å². The summed E-state index contributed by atoms with van der Waals surface area (Å²) in [5, 5.41) is 9.44. The van der Waals surface area contributed by atoms with Gasteiger partial charge in [-0.2, -0.15) is 0 Å². The molecule has 0 saturated heterocycles. The second-order valence-corrected chi connectivity index (χ2v) is 10.3. The molecule has 1 atom stereocenters. The zero-order valence-electron chi connectivity index (χ0n) is 18.3. The van der Waals surface area contributed by atoms with Gasteiger partial charge in [0.1, 0.15) is 6.04 Å². The summed E-state index contributed by atoms with van der Waals surface area (Å²) < 4.78 is 0. The third-order valence-corrected chi connectivity index (χ3v) is 6.28. The van der Waals surface area contributed by atoms with Gasteiger partial charge in [-0.05, 0) is 49.2 Å². The summed E-state index contributed by atoms with van der Waals surface area (Å²) in [4.78, 5) is 42.1. The average Bonchev–Trinajstić information content (AvgIpc) is 3.45. The lowest BCUT2D eigenvalue weighted by Crippen LogP contribution is -2.50. The van der Waals surface area contributed by atoms with Crippen molar-refractivity contribution in [3.63, 3.8) is 0 Å². The number of nitrogens with zero attached hydrogens (tertiary/aromatic N) is 1. The minimum atomic E-state index is -0.830. The summed E-state index contributed by atoms with van der Waals surface area (Å²) in [6.07, 6.45) is 0. The molecule has 32 heavy (non-hydrogen) atoms. The number of hydrogen-bond acceptors (Lipinski definition) is 5. The van der Waals surface area contributed by atoms with Gasteiger partial charge in [0.05, 0.1) is 18.0 Å². The van der Waals surface area contributed by atoms with Gasteiger partial charge in [-0.3, -0.25) is 14.4 Å². The molecule has 0 radical (unpaired) electrons. The lowest BCUT2D eigenvalue weighted by atomic mass is 10.0. The number of thiophene rings is 2. The Morgan fingerprint density at radius 1 is 0.938 bits per heavy atom. The van der Waals surface area contributed by atoms with E-state index in [1.807, 2.05) is 74.0 Å². The van der Waals surface area contributed by atoms with Crippen molar-refractivity contribution in [3.8, 4) is 0 Å². The molecule has 0 saturated carbocycles. The molecular weight excluding hydrogens is 442 g/mol. The van der Waals surface area contributed by atoms with Crippen molar-refractivity contribution in [2.24, 2.45) is 0 Å². The SMILES string of the molecule is CC(C)(C)NC(=O)C(c1ccccc1)N(Cc1cccs1)C(=O)CNC(=O)c1cccs1. The topological polar surface area (TPSA) is 78.5 Å². The Labute approximate surface area is 196 Å². The molecule has 6 nitrogen and oxygen atoms in total. The first-order chi connectivity index (χ1) is 15.2. The van der Waals surface area contributed by atoms with Gasteiger partial charge in [0.25, 0.3) is 5.91 Å². The van der Waals surface area contributed by atoms with E-state index in [0.717, 1.165) is 4.88 Å². The molecule has 2 heterocycles. The van der Waals surface area contributed by atoms with E-state index in [9.17, 15) is 14.4 Å². The van der Waals surface area contributed by atoms with Crippen molar-refractivity contribution in [2.75, 3.05) is 6.54 Å². The fraction of sp³-hybridized carbons (Fsp3) is 0.292. The second-order valence-electron chi connectivity index (χ2n) is 8.31. The van der Waals surface area contributed by atoms with Gasteiger partial charge in [-0.15, -0.1) is 22.7 Å². The van der Waals surface area contributed by atoms with Gasteiger partial charge < -0.3 is 15.5 Å². The van der Waals surface area contributed by atoms with Crippen molar-refractivity contribution in [1.82, 2.24) is 15.5 Å². The quantitative estimate of drug-likeness (QED) is 0.518. The molecule has 2 N–H and O–H groups in total. The molecule has 0 aliphatic rings. The molecule has 3 amide bonds. The Kier molecular flexibility index (Phi) is 7.82. The first kappa shape index (κ1) is 23.7. The molecule has 0 spiro atoms. The number of nitrogens with one attached hydrogen (secondary N) is 2. The monoisotopic (exact) mass is 469 g/mol. The van der Waals surface area contributed by atoms with Gasteiger partial charge in [0, 0.05) is 10.4 Å². The molecule has 1 aromatic carbocycles. The second kappa shape index (κ2) is 10.6. The minimum absolute atomic E-state index is 0.200. The van der Waals surface area contributed by atoms with Gasteiger partial charge in [-0.1, -0.05) is 42.5 Å². The number of hydrogen-bond donors (Lipinski definition) is 2. The third kappa shape index (κ3) is 6.51. The van der Waals surface area contributed by atoms with E-state index in [2.05, 4.69) is 10.6 Å². The van der Waals surface area contributed by atoms with E-state index < -0.39 is 11.6 Å². The van der Waals surface area contributed by atoms with E-state index >= 15 is 0 Å². The molecule has 3 aromatic rings. The Morgan fingerprint density at radius 3 is 2.22 bits per heavy atom. The van der Waals surface area contributed by atoms with Crippen LogP contribution in [0.15, 0.2) is 65.4 Å². The summed E-state index contributed by atoms with van der Waals surface area (Å²) in [5.74, 6) is -0.903. The predicted molar refractivity (Wildman–Crippen MR) is 129 cm³/mol. The number of benzene rings is 1. The Bertz CT molecular complexity index is 1030. The van der Waals surface area contributed by atoms with Crippen LogP contribution in [-0.4, -0.2) is 34.7 Å². The maximum Gasteiger partial charge on any atom is 0.261 e. The van der Waals surface area contributed by atoms with E-state index in [4.69, 9.17) is 0 Å². The van der Waals surface area contributed by atoms with Crippen molar-refractivity contribution in [2.45, 2.75) is 38.9 Å². The molecule has 1 unspecified atom stereocenters. The van der Waals surface area contributed by atoms with E-state index in [1.165, 1.54) is 27.6 Å². The highest BCUT2D eigenvalue weighted by molar-refractivity contribution is 7.12. The van der Waals surface area contributed by atoms with Crippen molar-refractivity contribution < 1.29 is 14.4 Å². The highest BCUT2D eigenvalue weighted by Crippen LogP contribution is 2.26. The minimum Gasteiger partial charge on any atom is -0.349 e. The average molecular weight is 470 g/mol. The summed E-state index contributed by atoms with van der Waals surface area (Å²) in [5.41, 5.74) is 0.249. The summed E-state index contributed by atoms with van der Waals surface area (Å²) >= 11 is 2.83. The number of amides is 3. The van der Waals surface area contributed by atoms with Gasteiger partial charge in [-0.25, -0.2) is 0 Å². The zero-order valence-corrected chi connectivity index (χ0v) is 20.0. The Balaban J connectivity index is 1.89. The van der Waals surface area contributed by atoms with Crippen molar-refractivity contribution in [3.05, 3.63) is 80.7 Å². The molecule has 3 rings (SSSR count). The van der Waals surface area contributed by atoms with Crippen LogP contribution in [0.2, 0.25) is 0 Å². The predicted octanol–water partition coefficient (Wildman–Crippen LogP) is 4.22.